The lowest BCUT2D eigenvalue weighted by atomic mass is 10.1. The SMILES string of the molecule is CC(O)CO.CC(O)COCc1ccc(CO[Si](C)(C)O[Si](C)(CCC(F)(F)F)O[Si](C)(C)OCc2ccc(COCC(C)O)cc2)cc1.C[Si](C)(O)O[Si](C)(CCC(F)(F)F)O[Si](C)(C)O.C[Si](C)(OCc1ccc(CCl)cc1)O[Si](C)(CCC(F)(F)F)O[Si](C)(C)OCc1ccc(CCl)cc1.ClCc1ccc(CCl)cc1. The lowest BCUT2D eigenvalue weighted by Crippen LogP contribution is -2.56. The summed E-state index contributed by atoms with van der Waals surface area (Å²) in [6.45, 7) is 32.3. The average molecular weight is 1850 g/mol. The molecule has 0 aliphatic heterocycles. The lowest BCUT2D eigenvalue weighted by molar-refractivity contribution is -0.132. The molecule has 5 aromatic carbocycles. The van der Waals surface area contributed by atoms with Crippen molar-refractivity contribution in [1.82, 2.24) is 0 Å². The Labute approximate surface area is 693 Å². The molecule has 18 nitrogen and oxygen atoms in total. The molecule has 3 atom stereocenters. The molecular formula is C73H121Cl4F9O18Si9. The van der Waals surface area contributed by atoms with Gasteiger partial charge in [-0.05, 0) is 193 Å². The number of benzene rings is 5. The summed E-state index contributed by atoms with van der Waals surface area (Å²) in [6, 6.07) is 37.7. The first-order valence-electron chi connectivity index (χ1n) is 36.6. The Kier molecular flexibility index (Phi) is 49.1. The number of halogens is 13. The van der Waals surface area contributed by atoms with Crippen molar-refractivity contribution < 1.29 is 121 Å². The Hall–Kier alpha value is -2.14. The van der Waals surface area contributed by atoms with Gasteiger partial charge < -0.3 is 81.9 Å². The number of hydrogen-bond acceptors (Lipinski definition) is 18. The number of aliphatic hydroxyl groups is 4. The van der Waals surface area contributed by atoms with E-state index in [4.69, 9.17) is 108 Å². The van der Waals surface area contributed by atoms with E-state index in [0.29, 0.717) is 49.9 Å². The van der Waals surface area contributed by atoms with Crippen molar-refractivity contribution >= 4 is 123 Å². The van der Waals surface area contributed by atoms with Gasteiger partial charge in [0.15, 0.2) is 0 Å². The molecule has 3 unspecified atom stereocenters. The average Bonchev–Trinajstić information content (AvgIpc) is 0.780. The largest absolute Gasteiger partial charge is 0.415 e. The predicted molar refractivity (Wildman–Crippen MR) is 448 cm³/mol. The summed E-state index contributed by atoms with van der Waals surface area (Å²) in [6.07, 6.45) is -17.6. The Bertz CT molecular complexity index is 3190. The van der Waals surface area contributed by atoms with Crippen molar-refractivity contribution in [2.75, 3.05) is 19.8 Å². The maximum Gasteiger partial charge on any atom is 0.389 e. The minimum absolute atomic E-state index is 0.139. The molecule has 113 heavy (non-hydrogen) atoms. The van der Waals surface area contributed by atoms with Crippen LogP contribution in [0.15, 0.2) is 121 Å². The number of hydrogen-bond donors (Lipinski definition) is 6. The minimum atomic E-state index is -4.35. The van der Waals surface area contributed by atoms with E-state index in [2.05, 4.69) is 0 Å². The molecule has 0 aliphatic carbocycles. The monoisotopic (exact) mass is 1850 g/mol. The standard InChI is InChI=1S/C30H49F3O8Si3.C24H35Cl2F3O4Si3.C8H8Cl2.C8H21F3O4Si3.C3H8O2/c1-24(34)18-36-20-26-8-12-28(13-9-26)22-38-42(3,4)40-44(7,17-16-30(31,32)33)41-43(5,6)39-23-29-14-10-27(11-15-29)21-37-19-25(2)35;1-34(2,30-18-22-10-6-20(16-25)7-11-22)32-36(5,15-14-24(27,28)29)33-35(3,4)31-19-23-12-8-21(17-26)9-13-23;9-5-7-1-2-8(6-10)4-3-7;1-16(2,12)14-18(5,15-17(3,4)13)7-6-8(9,10)11;1-3(5)2-4/h8-15,24-25,34-35H,16-23H2,1-7H3;6-13H,14-19H2,1-5H3;1-4H,5-6H2;12-13H,6-7H2,1-5H3;3-5H,2H2,1H3. The molecule has 648 valence electrons. The fourth-order valence-corrected chi connectivity index (χ4v) is 45.2. The van der Waals surface area contributed by atoms with Gasteiger partial charge in [-0.3, -0.25) is 0 Å². The highest BCUT2D eigenvalue weighted by molar-refractivity contribution is 6.86. The van der Waals surface area contributed by atoms with Gasteiger partial charge in [-0.15, -0.1) is 46.4 Å². The van der Waals surface area contributed by atoms with Gasteiger partial charge in [0.25, 0.3) is 0 Å². The summed E-state index contributed by atoms with van der Waals surface area (Å²) in [5.41, 5.74) is 9.83. The highest BCUT2D eigenvalue weighted by Gasteiger charge is 2.50. The first kappa shape index (κ1) is 109. The van der Waals surface area contributed by atoms with E-state index < -0.39 is 133 Å². The van der Waals surface area contributed by atoms with Crippen molar-refractivity contribution in [2.24, 2.45) is 0 Å². The molecule has 0 aliphatic rings. The highest BCUT2D eigenvalue weighted by atomic mass is 35.5. The Morgan fingerprint density at radius 1 is 0.301 bits per heavy atom. The summed E-state index contributed by atoms with van der Waals surface area (Å²) in [5, 5.41) is 34.7. The second-order valence-electron chi connectivity index (χ2n) is 30.4. The van der Waals surface area contributed by atoms with Crippen molar-refractivity contribution in [1.29, 1.82) is 0 Å². The van der Waals surface area contributed by atoms with E-state index >= 15 is 0 Å². The van der Waals surface area contributed by atoms with E-state index in [9.17, 15) is 59.3 Å². The molecule has 0 amide bonds. The van der Waals surface area contributed by atoms with Gasteiger partial charge in [0.2, 0.25) is 0 Å². The third kappa shape index (κ3) is 56.2. The maximum absolute atomic E-state index is 13.3. The molecule has 0 aromatic heterocycles. The molecule has 0 spiro atoms. The number of rotatable bonds is 43. The summed E-state index contributed by atoms with van der Waals surface area (Å²) >= 11 is 22.9. The zero-order valence-corrected chi connectivity index (χ0v) is 80.2. The molecule has 5 aromatic rings. The summed E-state index contributed by atoms with van der Waals surface area (Å²) in [5.74, 6) is 1.99. The second-order valence-corrected chi connectivity index (χ2v) is 62.8. The van der Waals surface area contributed by atoms with Crippen LogP contribution in [-0.2, 0) is 115 Å². The van der Waals surface area contributed by atoms with Crippen LogP contribution in [0.1, 0.15) is 95.7 Å². The molecule has 6 N–H and O–H groups in total. The zero-order valence-electron chi connectivity index (χ0n) is 68.2. The smallest absolute Gasteiger partial charge is 0.389 e. The topological polar surface area (TPSA) is 232 Å². The third-order valence-corrected chi connectivity index (χ3v) is 45.3. The van der Waals surface area contributed by atoms with E-state index in [1.165, 1.54) is 39.7 Å². The molecule has 0 radical (unpaired) electrons. The summed E-state index contributed by atoms with van der Waals surface area (Å²) in [4.78, 5) is 19.4. The van der Waals surface area contributed by atoms with Crippen molar-refractivity contribution in [2.45, 2.75) is 256 Å². The molecule has 0 saturated heterocycles. The minimum Gasteiger partial charge on any atom is -0.415 e. The quantitative estimate of drug-likeness (QED) is 0.0121. The number of aliphatic hydroxyl groups excluding tert-OH is 4. The predicted octanol–water partition coefficient (Wildman–Crippen LogP) is 20.0. The van der Waals surface area contributed by atoms with E-state index in [1.807, 2.05) is 174 Å². The van der Waals surface area contributed by atoms with Crippen molar-refractivity contribution in [3.63, 3.8) is 0 Å². The van der Waals surface area contributed by atoms with E-state index in [0.717, 1.165) is 55.6 Å². The van der Waals surface area contributed by atoms with Gasteiger partial charge in [-0.25, -0.2) is 0 Å². The molecule has 0 saturated carbocycles. The fraction of sp³-hybridized carbons (Fsp3) is 0.589. The highest BCUT2D eigenvalue weighted by Crippen LogP contribution is 2.36. The van der Waals surface area contributed by atoms with Crippen LogP contribution in [0.25, 0.3) is 0 Å². The van der Waals surface area contributed by atoms with Crippen LogP contribution in [-0.4, -0.2) is 164 Å². The molecule has 0 heterocycles. The summed E-state index contributed by atoms with van der Waals surface area (Å²) in [7, 11) is -27.5. The van der Waals surface area contributed by atoms with Crippen LogP contribution in [0.5, 0.6) is 0 Å². The van der Waals surface area contributed by atoms with E-state index in [1.54, 1.807) is 26.9 Å². The first-order valence-corrected chi connectivity index (χ1v) is 63.3. The van der Waals surface area contributed by atoms with Gasteiger partial charge in [0, 0.05) is 42.8 Å². The lowest BCUT2D eigenvalue weighted by Gasteiger charge is -2.40. The van der Waals surface area contributed by atoms with Gasteiger partial charge in [0.1, 0.15) is 0 Å². The van der Waals surface area contributed by atoms with E-state index in [-0.39, 0.29) is 51.2 Å². The molecule has 40 heteroatoms. The first-order chi connectivity index (χ1) is 51.8. The van der Waals surface area contributed by atoms with Crippen LogP contribution in [0.3, 0.4) is 0 Å². The molecule has 0 bridgehead atoms. The normalized spacial score (nSPS) is 14.2. The van der Waals surface area contributed by atoms with Crippen LogP contribution in [0.2, 0.25) is 116 Å². The van der Waals surface area contributed by atoms with Gasteiger partial charge in [-0.2, -0.15) is 39.5 Å². The van der Waals surface area contributed by atoms with Crippen LogP contribution < -0.4 is 0 Å². The number of alkyl halides is 13. The van der Waals surface area contributed by atoms with Crippen LogP contribution in [0.4, 0.5) is 39.5 Å². The van der Waals surface area contributed by atoms with Crippen molar-refractivity contribution in [3.8, 4) is 0 Å². The van der Waals surface area contributed by atoms with Crippen molar-refractivity contribution in [3.05, 3.63) is 177 Å². The fourth-order valence-electron chi connectivity index (χ4n) is 10.1. The molecular weight excluding hydrogens is 1730 g/mol. The van der Waals surface area contributed by atoms with Gasteiger partial charge in [0.05, 0.1) is 77.8 Å². The third-order valence-electron chi connectivity index (χ3n) is 15.0. The van der Waals surface area contributed by atoms with Gasteiger partial charge in [-0.1, -0.05) is 121 Å². The van der Waals surface area contributed by atoms with Gasteiger partial charge >= 0.3 is 95.6 Å². The molecule has 0 fully saturated rings. The number of ether oxygens (including phenoxy) is 2. The zero-order chi connectivity index (χ0) is 86.6. The summed E-state index contributed by atoms with van der Waals surface area (Å²) < 4.78 is 188. The maximum atomic E-state index is 13.3. The van der Waals surface area contributed by atoms with Crippen LogP contribution >= 0.6 is 46.4 Å². The van der Waals surface area contributed by atoms with Crippen LogP contribution in [0, 0.1) is 0 Å². The Morgan fingerprint density at radius 3 is 0.619 bits per heavy atom. The Balaban J connectivity index is 0.000000817. The second kappa shape index (κ2) is 50.9. The molecule has 5 rings (SSSR count). The Morgan fingerprint density at radius 2 is 0.469 bits per heavy atom.